The van der Waals surface area contributed by atoms with Crippen molar-refractivity contribution in [3.05, 3.63) is 0 Å². The molecule has 17 heavy (non-hydrogen) atoms. The van der Waals surface area contributed by atoms with Crippen LogP contribution in [0.2, 0.25) is 0 Å². The maximum Gasteiger partial charge on any atom is 0.410 e. The van der Waals surface area contributed by atoms with Gasteiger partial charge in [0.2, 0.25) is 0 Å². The number of hydrogen-bond donors (Lipinski definition) is 1. The number of nitrogens with zero attached hydrogens (tertiary/aromatic N) is 1. The van der Waals surface area contributed by atoms with Crippen LogP contribution in [0.1, 0.15) is 27.2 Å². The van der Waals surface area contributed by atoms with Crippen LogP contribution in [0.4, 0.5) is 18.3 Å². The number of carbonyl (C=O) groups is 1. The Hall–Kier alpha value is -0.980. The van der Waals surface area contributed by atoms with Crippen molar-refractivity contribution in [2.24, 2.45) is 5.73 Å². The molecule has 0 spiro atoms. The van der Waals surface area contributed by atoms with Gasteiger partial charge in [0.05, 0.1) is 7.18 Å². The minimum Gasteiger partial charge on any atom is -0.444 e. The number of amides is 1. The van der Waals surface area contributed by atoms with Crippen molar-refractivity contribution in [1.82, 2.24) is 4.90 Å². The molecule has 0 bridgehead atoms. The third-order valence-electron chi connectivity index (χ3n) is 1.88. The standard InChI is InChI=1S/C9H18N2O2.CH3F.F2/c1-9(2,3)13-8(12)11-5-4-7(10)6-11;2*1-2/h7H,4-6,10H2,1-3H3;1H3;. The van der Waals surface area contributed by atoms with E-state index in [-0.39, 0.29) is 12.1 Å². The highest BCUT2D eigenvalue weighted by atomic mass is 20.0. The summed E-state index contributed by atoms with van der Waals surface area (Å²) < 4.78 is 30.7. The lowest BCUT2D eigenvalue weighted by Crippen LogP contribution is -2.36. The molecule has 4 nitrogen and oxygen atoms in total. The maximum atomic E-state index is 11.5. The Bertz CT molecular complexity index is 210. The van der Waals surface area contributed by atoms with E-state index in [4.69, 9.17) is 19.6 Å². The Morgan fingerprint density at radius 3 is 2.12 bits per heavy atom. The largest absolute Gasteiger partial charge is 0.444 e. The zero-order valence-electron chi connectivity index (χ0n) is 10.7. The molecule has 0 radical (unpaired) electrons. The molecule has 1 saturated heterocycles. The summed E-state index contributed by atoms with van der Waals surface area (Å²) in [5.41, 5.74) is 5.26. The average molecular weight is 258 g/mol. The van der Waals surface area contributed by atoms with Gasteiger partial charge in [0, 0.05) is 28.3 Å². The average Bonchev–Trinajstić information content (AvgIpc) is 2.69. The summed E-state index contributed by atoms with van der Waals surface area (Å²) in [5, 5.41) is 0. The summed E-state index contributed by atoms with van der Waals surface area (Å²) in [6.45, 7) is 6.92. The van der Waals surface area contributed by atoms with Crippen LogP contribution in [-0.4, -0.2) is 42.9 Å². The molecule has 1 heterocycles. The van der Waals surface area contributed by atoms with Gasteiger partial charge in [-0.3, -0.25) is 4.39 Å². The smallest absolute Gasteiger partial charge is 0.410 e. The highest BCUT2D eigenvalue weighted by Gasteiger charge is 2.27. The monoisotopic (exact) mass is 258 g/mol. The maximum absolute atomic E-state index is 11.5. The molecule has 1 fully saturated rings. The van der Waals surface area contributed by atoms with Gasteiger partial charge >= 0.3 is 6.09 Å². The lowest BCUT2D eigenvalue weighted by atomic mass is 10.2. The van der Waals surface area contributed by atoms with Crippen LogP contribution < -0.4 is 5.73 Å². The van der Waals surface area contributed by atoms with E-state index < -0.39 is 5.60 Å². The highest BCUT2D eigenvalue weighted by Crippen LogP contribution is 2.13. The molecule has 0 saturated carbocycles. The summed E-state index contributed by atoms with van der Waals surface area (Å²) in [4.78, 5) is 13.1. The summed E-state index contributed by atoms with van der Waals surface area (Å²) in [7, 11) is 0.500. The molecule has 1 atom stereocenters. The molecule has 0 aromatic heterocycles. The van der Waals surface area contributed by atoms with Crippen LogP contribution in [0.5, 0.6) is 0 Å². The van der Waals surface area contributed by atoms with E-state index in [9.17, 15) is 9.18 Å². The molecule has 1 unspecified atom stereocenters. The molecule has 0 aromatic rings. The third kappa shape index (κ3) is 8.79. The first-order valence-electron chi connectivity index (χ1n) is 5.14. The third-order valence-corrected chi connectivity index (χ3v) is 1.88. The predicted octanol–water partition coefficient (Wildman–Crippen LogP) is 2.38. The fourth-order valence-corrected chi connectivity index (χ4v) is 1.28. The van der Waals surface area contributed by atoms with Crippen LogP contribution in [-0.2, 0) is 4.74 Å². The van der Waals surface area contributed by atoms with Gasteiger partial charge in [-0.05, 0) is 27.2 Å². The topological polar surface area (TPSA) is 55.6 Å². The number of carbonyl (C=O) groups excluding carboxylic acids is 1. The number of alkyl halides is 1. The molecule has 1 aliphatic rings. The molecule has 7 heteroatoms. The van der Waals surface area contributed by atoms with Gasteiger partial charge in [0.25, 0.3) is 0 Å². The van der Waals surface area contributed by atoms with Gasteiger partial charge in [-0.25, -0.2) is 4.79 Å². The number of nitrogens with two attached hydrogens (primary N) is 1. The molecule has 1 aliphatic heterocycles. The summed E-state index contributed by atoms with van der Waals surface area (Å²) in [6, 6.07) is 0.118. The van der Waals surface area contributed by atoms with Gasteiger partial charge < -0.3 is 15.4 Å². The summed E-state index contributed by atoms with van der Waals surface area (Å²) >= 11 is 0. The molecule has 104 valence electrons. The molecule has 0 aromatic carbocycles. The van der Waals surface area contributed by atoms with Gasteiger partial charge in [-0.2, -0.15) is 0 Å². The molecular weight excluding hydrogens is 237 g/mol. The van der Waals surface area contributed by atoms with Crippen molar-refractivity contribution in [2.75, 3.05) is 20.3 Å². The van der Waals surface area contributed by atoms with Crippen molar-refractivity contribution < 1.29 is 23.1 Å². The second-order valence-electron chi connectivity index (χ2n) is 4.48. The number of halogens is 3. The summed E-state index contributed by atoms with van der Waals surface area (Å²) in [5.74, 6) is 0. The second-order valence-corrected chi connectivity index (χ2v) is 4.48. The van der Waals surface area contributed by atoms with Crippen LogP contribution in [0.15, 0.2) is 0 Å². The van der Waals surface area contributed by atoms with Crippen molar-refractivity contribution >= 4 is 6.09 Å². The SMILES string of the molecule is CC(C)(C)OC(=O)N1CCC(N)C1.CF.FF. The van der Waals surface area contributed by atoms with E-state index in [0.717, 1.165) is 13.0 Å². The Morgan fingerprint density at radius 2 is 1.82 bits per heavy atom. The van der Waals surface area contributed by atoms with Crippen LogP contribution in [0, 0.1) is 0 Å². The first-order chi connectivity index (χ1) is 7.88. The molecule has 2 N–H and O–H groups in total. The Balaban J connectivity index is 0. The summed E-state index contributed by atoms with van der Waals surface area (Å²) in [6.07, 6.45) is 0.625. The van der Waals surface area contributed by atoms with Crippen molar-refractivity contribution in [2.45, 2.75) is 38.8 Å². The van der Waals surface area contributed by atoms with Crippen LogP contribution in [0.3, 0.4) is 0 Å². The van der Waals surface area contributed by atoms with E-state index in [2.05, 4.69) is 0 Å². The Labute approximate surface area is 99.8 Å². The van der Waals surface area contributed by atoms with E-state index in [1.54, 1.807) is 4.90 Å². The van der Waals surface area contributed by atoms with Crippen molar-refractivity contribution in [1.29, 1.82) is 0 Å². The minimum atomic E-state index is -0.413. The molecular formula is C10H21F3N2O2. The van der Waals surface area contributed by atoms with Crippen molar-refractivity contribution in [3.63, 3.8) is 0 Å². The van der Waals surface area contributed by atoms with Gasteiger partial charge in [0.15, 0.2) is 0 Å². The van der Waals surface area contributed by atoms with E-state index in [0.29, 0.717) is 13.7 Å². The highest BCUT2D eigenvalue weighted by molar-refractivity contribution is 5.68. The zero-order chi connectivity index (χ0) is 14.1. The second kappa shape index (κ2) is 9.09. The Kier molecular flexibility index (Phi) is 9.83. The number of likely N-dealkylation sites (tertiary alicyclic amines) is 1. The van der Waals surface area contributed by atoms with Crippen LogP contribution in [0.25, 0.3) is 0 Å². The molecule has 0 aliphatic carbocycles. The first kappa shape index (κ1) is 18.4. The molecule has 1 amide bonds. The number of rotatable bonds is 0. The number of ether oxygens (including phenoxy) is 1. The minimum absolute atomic E-state index is 0.118. The predicted molar refractivity (Wildman–Crippen MR) is 59.6 cm³/mol. The van der Waals surface area contributed by atoms with Gasteiger partial charge in [0.1, 0.15) is 5.60 Å². The van der Waals surface area contributed by atoms with E-state index in [1.165, 1.54) is 0 Å². The quantitative estimate of drug-likeness (QED) is 0.725. The molecule has 1 rings (SSSR count). The lowest BCUT2D eigenvalue weighted by molar-refractivity contribution is 0.0292. The van der Waals surface area contributed by atoms with Crippen molar-refractivity contribution in [3.8, 4) is 0 Å². The van der Waals surface area contributed by atoms with Gasteiger partial charge in [-0.15, -0.1) is 0 Å². The van der Waals surface area contributed by atoms with Gasteiger partial charge in [-0.1, -0.05) is 0 Å². The fraction of sp³-hybridized carbons (Fsp3) is 0.900. The normalized spacial score (nSPS) is 18.6. The fourth-order valence-electron chi connectivity index (χ4n) is 1.28. The Morgan fingerprint density at radius 1 is 1.35 bits per heavy atom. The lowest BCUT2D eigenvalue weighted by Gasteiger charge is -2.24. The van der Waals surface area contributed by atoms with E-state index in [1.807, 2.05) is 20.8 Å². The zero-order valence-corrected chi connectivity index (χ0v) is 10.7. The first-order valence-corrected chi connectivity index (χ1v) is 5.14. The van der Waals surface area contributed by atoms with Crippen LogP contribution >= 0.6 is 0 Å². The number of hydrogen-bond acceptors (Lipinski definition) is 3. The van der Waals surface area contributed by atoms with E-state index >= 15 is 0 Å².